The van der Waals surface area contributed by atoms with Crippen LogP contribution in [0.2, 0.25) is 0 Å². The SMILES string of the molecule is COc1ccc(COCCOc2ccccc2)cc1CN. The van der Waals surface area contributed by atoms with Gasteiger partial charge >= 0.3 is 0 Å². The van der Waals surface area contributed by atoms with Crippen LogP contribution in [0.15, 0.2) is 48.5 Å². The fourth-order valence-electron chi connectivity index (χ4n) is 2.01. The van der Waals surface area contributed by atoms with E-state index in [2.05, 4.69) is 0 Å². The first-order valence-corrected chi connectivity index (χ1v) is 6.95. The first-order chi connectivity index (χ1) is 10.3. The highest BCUT2D eigenvalue weighted by molar-refractivity contribution is 5.36. The summed E-state index contributed by atoms with van der Waals surface area (Å²) in [5, 5.41) is 0. The predicted molar refractivity (Wildman–Crippen MR) is 82.5 cm³/mol. The molecule has 2 rings (SSSR count). The van der Waals surface area contributed by atoms with Gasteiger partial charge in [0.1, 0.15) is 18.1 Å². The third kappa shape index (κ3) is 4.77. The summed E-state index contributed by atoms with van der Waals surface area (Å²) in [5.74, 6) is 1.67. The van der Waals surface area contributed by atoms with Crippen molar-refractivity contribution in [3.8, 4) is 11.5 Å². The maximum absolute atomic E-state index is 5.70. The highest BCUT2D eigenvalue weighted by Gasteiger charge is 2.03. The first-order valence-electron chi connectivity index (χ1n) is 6.95. The molecular formula is C17H21NO3. The lowest BCUT2D eigenvalue weighted by molar-refractivity contribution is 0.0888. The number of methoxy groups -OCH3 is 1. The second kappa shape index (κ2) is 8.29. The molecule has 2 aromatic carbocycles. The topological polar surface area (TPSA) is 53.7 Å². The van der Waals surface area contributed by atoms with Crippen LogP contribution in [0.1, 0.15) is 11.1 Å². The van der Waals surface area contributed by atoms with E-state index in [4.69, 9.17) is 19.9 Å². The van der Waals surface area contributed by atoms with E-state index >= 15 is 0 Å². The van der Waals surface area contributed by atoms with Crippen LogP contribution in [0.5, 0.6) is 11.5 Å². The zero-order valence-electron chi connectivity index (χ0n) is 12.2. The maximum Gasteiger partial charge on any atom is 0.123 e. The summed E-state index contributed by atoms with van der Waals surface area (Å²) in [6.07, 6.45) is 0. The highest BCUT2D eigenvalue weighted by atomic mass is 16.5. The van der Waals surface area contributed by atoms with Crippen molar-refractivity contribution in [2.75, 3.05) is 20.3 Å². The van der Waals surface area contributed by atoms with Gasteiger partial charge in [-0.1, -0.05) is 24.3 Å². The van der Waals surface area contributed by atoms with Crippen LogP contribution in [0.4, 0.5) is 0 Å². The van der Waals surface area contributed by atoms with E-state index in [0.29, 0.717) is 26.4 Å². The molecule has 0 heterocycles. The van der Waals surface area contributed by atoms with E-state index in [-0.39, 0.29) is 0 Å². The molecule has 112 valence electrons. The number of hydrogen-bond donors (Lipinski definition) is 1. The van der Waals surface area contributed by atoms with Crippen molar-refractivity contribution in [3.63, 3.8) is 0 Å². The predicted octanol–water partition coefficient (Wildman–Crippen LogP) is 2.75. The Morgan fingerprint density at radius 2 is 1.81 bits per heavy atom. The van der Waals surface area contributed by atoms with E-state index in [0.717, 1.165) is 22.6 Å². The van der Waals surface area contributed by atoms with E-state index in [1.165, 1.54) is 0 Å². The Bertz CT molecular complexity index is 543. The molecule has 21 heavy (non-hydrogen) atoms. The van der Waals surface area contributed by atoms with Crippen LogP contribution in [0.25, 0.3) is 0 Å². The zero-order chi connectivity index (χ0) is 14.9. The van der Waals surface area contributed by atoms with Gasteiger partial charge in [0.15, 0.2) is 0 Å². The van der Waals surface area contributed by atoms with Gasteiger partial charge in [-0.15, -0.1) is 0 Å². The minimum Gasteiger partial charge on any atom is -0.496 e. The number of hydrogen-bond acceptors (Lipinski definition) is 4. The largest absolute Gasteiger partial charge is 0.496 e. The highest BCUT2D eigenvalue weighted by Crippen LogP contribution is 2.19. The molecule has 0 radical (unpaired) electrons. The van der Waals surface area contributed by atoms with Crippen molar-refractivity contribution in [1.29, 1.82) is 0 Å². The van der Waals surface area contributed by atoms with Crippen molar-refractivity contribution in [3.05, 3.63) is 59.7 Å². The van der Waals surface area contributed by atoms with Crippen LogP contribution >= 0.6 is 0 Å². The second-order valence-electron chi connectivity index (χ2n) is 4.56. The molecule has 0 aliphatic carbocycles. The lowest BCUT2D eigenvalue weighted by Gasteiger charge is -2.10. The molecule has 0 amide bonds. The minimum atomic E-state index is 0.453. The Balaban J connectivity index is 1.73. The summed E-state index contributed by atoms with van der Waals surface area (Å²) in [7, 11) is 1.64. The van der Waals surface area contributed by atoms with Gasteiger partial charge in [-0.2, -0.15) is 0 Å². The van der Waals surface area contributed by atoms with Gasteiger partial charge in [-0.3, -0.25) is 0 Å². The molecule has 0 aliphatic heterocycles. The Labute approximate surface area is 125 Å². The molecule has 0 saturated carbocycles. The molecule has 0 spiro atoms. The summed E-state index contributed by atoms with van der Waals surface area (Å²) >= 11 is 0. The Hall–Kier alpha value is -2.04. The number of nitrogens with two attached hydrogens (primary N) is 1. The number of benzene rings is 2. The molecule has 0 atom stereocenters. The van der Waals surface area contributed by atoms with Crippen molar-refractivity contribution < 1.29 is 14.2 Å². The van der Waals surface area contributed by atoms with Crippen LogP contribution in [0, 0.1) is 0 Å². The fourth-order valence-corrected chi connectivity index (χ4v) is 2.01. The Morgan fingerprint density at radius 1 is 1.00 bits per heavy atom. The molecule has 0 saturated heterocycles. The van der Waals surface area contributed by atoms with Gasteiger partial charge in [-0.25, -0.2) is 0 Å². The molecule has 0 aliphatic rings. The van der Waals surface area contributed by atoms with Gasteiger partial charge in [0.05, 0.1) is 20.3 Å². The smallest absolute Gasteiger partial charge is 0.123 e. The number of rotatable bonds is 8. The maximum atomic E-state index is 5.70. The lowest BCUT2D eigenvalue weighted by atomic mass is 10.1. The lowest BCUT2D eigenvalue weighted by Crippen LogP contribution is -2.07. The fraction of sp³-hybridized carbons (Fsp3) is 0.294. The summed E-state index contributed by atoms with van der Waals surface area (Å²) in [6, 6.07) is 15.6. The van der Waals surface area contributed by atoms with Gasteiger partial charge in [-0.05, 0) is 29.8 Å². The standard InChI is InChI=1S/C17H21NO3/c1-19-17-8-7-14(11-15(17)12-18)13-20-9-10-21-16-5-3-2-4-6-16/h2-8,11H,9-10,12-13,18H2,1H3. The third-order valence-corrected chi connectivity index (χ3v) is 3.07. The van der Waals surface area contributed by atoms with Crippen LogP contribution in [0.3, 0.4) is 0 Å². The van der Waals surface area contributed by atoms with Crippen molar-refractivity contribution in [2.24, 2.45) is 5.73 Å². The van der Waals surface area contributed by atoms with Crippen LogP contribution < -0.4 is 15.2 Å². The molecule has 2 aromatic rings. The van der Waals surface area contributed by atoms with E-state index in [1.54, 1.807) is 7.11 Å². The van der Waals surface area contributed by atoms with E-state index in [1.807, 2.05) is 48.5 Å². The average molecular weight is 287 g/mol. The van der Waals surface area contributed by atoms with Crippen LogP contribution in [-0.2, 0) is 17.9 Å². The Morgan fingerprint density at radius 3 is 2.52 bits per heavy atom. The quantitative estimate of drug-likeness (QED) is 0.759. The van der Waals surface area contributed by atoms with Gasteiger partial charge in [0, 0.05) is 12.1 Å². The van der Waals surface area contributed by atoms with Crippen molar-refractivity contribution >= 4 is 0 Å². The molecule has 2 N–H and O–H groups in total. The van der Waals surface area contributed by atoms with Gasteiger partial charge in [0.25, 0.3) is 0 Å². The normalized spacial score (nSPS) is 10.4. The molecule has 0 bridgehead atoms. The summed E-state index contributed by atoms with van der Waals surface area (Å²) in [5.41, 5.74) is 7.76. The average Bonchev–Trinajstić information content (AvgIpc) is 2.55. The Kier molecular flexibility index (Phi) is 6.06. The summed E-state index contributed by atoms with van der Waals surface area (Å²) in [4.78, 5) is 0. The number of para-hydroxylation sites is 1. The number of ether oxygens (including phenoxy) is 3. The van der Waals surface area contributed by atoms with Gasteiger partial charge < -0.3 is 19.9 Å². The van der Waals surface area contributed by atoms with E-state index < -0.39 is 0 Å². The monoisotopic (exact) mass is 287 g/mol. The summed E-state index contributed by atoms with van der Waals surface area (Å²) in [6.45, 7) is 2.06. The van der Waals surface area contributed by atoms with Crippen molar-refractivity contribution in [1.82, 2.24) is 0 Å². The minimum absolute atomic E-state index is 0.453. The molecule has 4 heteroatoms. The molecule has 4 nitrogen and oxygen atoms in total. The molecule has 0 fully saturated rings. The molecule has 0 aromatic heterocycles. The molecule has 0 unspecified atom stereocenters. The molecular weight excluding hydrogens is 266 g/mol. The summed E-state index contributed by atoms with van der Waals surface area (Å²) < 4.78 is 16.4. The third-order valence-electron chi connectivity index (χ3n) is 3.07. The second-order valence-corrected chi connectivity index (χ2v) is 4.56. The van der Waals surface area contributed by atoms with E-state index in [9.17, 15) is 0 Å². The van der Waals surface area contributed by atoms with Crippen molar-refractivity contribution in [2.45, 2.75) is 13.2 Å². The first kappa shape index (κ1) is 15.4. The van der Waals surface area contributed by atoms with Gasteiger partial charge in [0.2, 0.25) is 0 Å². The van der Waals surface area contributed by atoms with Crippen LogP contribution in [-0.4, -0.2) is 20.3 Å². The zero-order valence-corrected chi connectivity index (χ0v) is 12.2.